The third kappa shape index (κ3) is 2.52. The van der Waals surface area contributed by atoms with Gasteiger partial charge in [-0.05, 0) is 18.9 Å². The Morgan fingerprint density at radius 1 is 1.56 bits per heavy atom. The molecule has 0 unspecified atom stereocenters. The molecule has 0 amide bonds. The van der Waals surface area contributed by atoms with Crippen LogP contribution >= 0.6 is 12.4 Å². The van der Waals surface area contributed by atoms with Crippen LogP contribution in [0, 0.1) is 5.92 Å². The number of β-amino-alcohol motifs (C(OH)–C–C–N with tert-alkyl or cyclic N) is 1. The average Bonchev–Trinajstić information content (AvgIpc) is 1.77. The summed E-state index contributed by atoms with van der Waals surface area (Å²) in [7, 11) is 0. The molecule has 2 N–H and O–H groups in total. The lowest BCUT2D eigenvalue weighted by Crippen LogP contribution is -2.39. The maximum absolute atomic E-state index is 9.12. The van der Waals surface area contributed by atoms with Crippen molar-refractivity contribution in [2.75, 3.05) is 13.1 Å². The number of hydrogen-bond acceptors (Lipinski definition) is 2. The molecule has 1 rings (SSSR count). The molecule has 0 radical (unpaired) electrons. The highest BCUT2D eigenvalue weighted by Gasteiger charge is 2.16. The Morgan fingerprint density at radius 2 is 2.22 bits per heavy atom. The quantitative estimate of drug-likeness (QED) is 0.526. The minimum Gasteiger partial charge on any atom is -0.392 e. The van der Waals surface area contributed by atoms with Gasteiger partial charge < -0.3 is 10.4 Å². The van der Waals surface area contributed by atoms with E-state index < -0.39 is 0 Å². The van der Waals surface area contributed by atoms with Crippen molar-refractivity contribution in [3.05, 3.63) is 0 Å². The highest BCUT2D eigenvalue weighted by atomic mass is 35.5. The van der Waals surface area contributed by atoms with E-state index in [2.05, 4.69) is 12.2 Å². The van der Waals surface area contributed by atoms with Crippen molar-refractivity contribution in [1.29, 1.82) is 0 Å². The van der Waals surface area contributed by atoms with Crippen molar-refractivity contribution in [3.63, 3.8) is 0 Å². The van der Waals surface area contributed by atoms with E-state index in [0.717, 1.165) is 19.5 Å². The first kappa shape index (κ1) is 9.21. The maximum Gasteiger partial charge on any atom is 0.0690 e. The minimum absolute atomic E-state index is 0. The second-order valence-corrected chi connectivity index (χ2v) is 2.54. The van der Waals surface area contributed by atoms with Crippen molar-refractivity contribution >= 4 is 12.4 Å². The summed E-state index contributed by atoms with van der Waals surface area (Å²) in [6.07, 6.45) is 1.00. The molecule has 1 aliphatic heterocycles. The zero-order chi connectivity index (χ0) is 5.98. The van der Waals surface area contributed by atoms with Gasteiger partial charge in [0, 0.05) is 6.54 Å². The van der Waals surface area contributed by atoms with E-state index in [1.165, 1.54) is 0 Å². The summed E-state index contributed by atoms with van der Waals surface area (Å²) in [5.41, 5.74) is 0. The molecule has 9 heavy (non-hydrogen) atoms. The van der Waals surface area contributed by atoms with Crippen LogP contribution in [0.5, 0.6) is 0 Å². The SMILES string of the molecule is C[C@@H]1CCNC[C@@H]1O.Cl. The standard InChI is InChI=1S/C6H13NO.ClH/c1-5-2-3-7-4-6(5)8;/h5-8H,2-4H2,1H3;1H/t5-,6+;/m1./s1. The predicted molar refractivity (Wildman–Crippen MR) is 39.9 cm³/mol. The summed E-state index contributed by atoms with van der Waals surface area (Å²) in [5.74, 6) is 0.497. The molecule has 2 nitrogen and oxygen atoms in total. The molecular formula is C6H14ClNO. The van der Waals surface area contributed by atoms with E-state index in [-0.39, 0.29) is 18.5 Å². The molecule has 0 bridgehead atoms. The summed E-state index contributed by atoms with van der Waals surface area (Å²) >= 11 is 0. The molecule has 0 aromatic heterocycles. The lowest BCUT2D eigenvalue weighted by molar-refractivity contribution is 0.0915. The van der Waals surface area contributed by atoms with Gasteiger partial charge in [0.2, 0.25) is 0 Å². The molecule has 56 valence electrons. The number of rotatable bonds is 0. The molecule has 1 aliphatic rings. The highest BCUT2D eigenvalue weighted by Crippen LogP contribution is 2.09. The number of hydrogen-bond donors (Lipinski definition) is 2. The van der Waals surface area contributed by atoms with Crippen molar-refractivity contribution in [2.24, 2.45) is 5.92 Å². The first-order valence-corrected chi connectivity index (χ1v) is 3.19. The fourth-order valence-corrected chi connectivity index (χ4v) is 0.973. The number of nitrogens with one attached hydrogen (secondary N) is 1. The Morgan fingerprint density at radius 3 is 2.56 bits per heavy atom. The lowest BCUT2D eigenvalue weighted by atomic mass is 9.98. The molecule has 0 aliphatic carbocycles. The lowest BCUT2D eigenvalue weighted by Gasteiger charge is -2.24. The van der Waals surface area contributed by atoms with Crippen LogP contribution in [0.2, 0.25) is 0 Å². The Labute approximate surface area is 62.1 Å². The highest BCUT2D eigenvalue weighted by molar-refractivity contribution is 5.85. The van der Waals surface area contributed by atoms with Crippen LogP contribution in [0.3, 0.4) is 0 Å². The fourth-order valence-electron chi connectivity index (χ4n) is 0.973. The van der Waals surface area contributed by atoms with Gasteiger partial charge in [-0.25, -0.2) is 0 Å². The topological polar surface area (TPSA) is 32.3 Å². The van der Waals surface area contributed by atoms with E-state index >= 15 is 0 Å². The smallest absolute Gasteiger partial charge is 0.0690 e. The Kier molecular flexibility index (Phi) is 4.19. The molecule has 0 saturated carbocycles. The third-order valence-electron chi connectivity index (χ3n) is 1.79. The van der Waals surface area contributed by atoms with Gasteiger partial charge >= 0.3 is 0 Å². The molecule has 0 aromatic rings. The third-order valence-corrected chi connectivity index (χ3v) is 1.79. The van der Waals surface area contributed by atoms with Gasteiger partial charge in [0.25, 0.3) is 0 Å². The summed E-state index contributed by atoms with van der Waals surface area (Å²) < 4.78 is 0. The van der Waals surface area contributed by atoms with Gasteiger partial charge in [-0.2, -0.15) is 0 Å². The van der Waals surface area contributed by atoms with Crippen LogP contribution < -0.4 is 5.32 Å². The maximum atomic E-state index is 9.12. The number of aliphatic hydroxyl groups excluding tert-OH is 1. The summed E-state index contributed by atoms with van der Waals surface area (Å²) in [5, 5.41) is 12.2. The molecule has 0 spiro atoms. The van der Waals surface area contributed by atoms with E-state index in [0.29, 0.717) is 5.92 Å². The van der Waals surface area contributed by atoms with Gasteiger partial charge in [-0.1, -0.05) is 6.92 Å². The fraction of sp³-hybridized carbons (Fsp3) is 1.00. The van der Waals surface area contributed by atoms with Crippen LogP contribution in [0.15, 0.2) is 0 Å². The number of aliphatic hydroxyl groups is 1. The van der Waals surface area contributed by atoms with Gasteiger partial charge in [0.1, 0.15) is 0 Å². The molecule has 1 fully saturated rings. The van der Waals surface area contributed by atoms with Gasteiger partial charge in [0.05, 0.1) is 6.10 Å². The van der Waals surface area contributed by atoms with Gasteiger partial charge in [0.15, 0.2) is 0 Å². The minimum atomic E-state index is -0.108. The van der Waals surface area contributed by atoms with E-state index in [4.69, 9.17) is 5.11 Å². The van der Waals surface area contributed by atoms with Crippen molar-refractivity contribution in [3.8, 4) is 0 Å². The van der Waals surface area contributed by atoms with E-state index in [1.54, 1.807) is 0 Å². The van der Waals surface area contributed by atoms with Crippen molar-refractivity contribution in [1.82, 2.24) is 5.32 Å². The molecule has 1 heterocycles. The zero-order valence-corrected chi connectivity index (χ0v) is 6.45. The molecule has 2 atom stereocenters. The largest absolute Gasteiger partial charge is 0.392 e. The molecule has 3 heteroatoms. The monoisotopic (exact) mass is 151 g/mol. The van der Waals surface area contributed by atoms with Crippen LogP contribution in [-0.2, 0) is 0 Å². The van der Waals surface area contributed by atoms with Crippen LogP contribution in [0.25, 0.3) is 0 Å². The van der Waals surface area contributed by atoms with Crippen molar-refractivity contribution < 1.29 is 5.11 Å². The summed E-state index contributed by atoms with van der Waals surface area (Å²) in [6.45, 7) is 3.94. The Hall–Kier alpha value is 0.210. The second kappa shape index (κ2) is 4.09. The Balaban J connectivity index is 0.000000640. The zero-order valence-electron chi connectivity index (χ0n) is 5.63. The van der Waals surface area contributed by atoms with E-state index in [1.807, 2.05) is 0 Å². The normalized spacial score (nSPS) is 35.3. The molecule has 0 aromatic carbocycles. The number of halogens is 1. The molecule has 1 saturated heterocycles. The van der Waals surface area contributed by atoms with E-state index in [9.17, 15) is 0 Å². The first-order valence-electron chi connectivity index (χ1n) is 3.19. The Bertz CT molecular complexity index is 69.5. The predicted octanol–water partition coefficient (Wildman–Crippen LogP) is 0.398. The first-order chi connectivity index (χ1) is 3.80. The van der Waals surface area contributed by atoms with Gasteiger partial charge in [-0.3, -0.25) is 0 Å². The molecular weight excluding hydrogens is 138 g/mol. The van der Waals surface area contributed by atoms with Crippen LogP contribution in [0.4, 0.5) is 0 Å². The van der Waals surface area contributed by atoms with Gasteiger partial charge in [-0.15, -0.1) is 12.4 Å². The summed E-state index contributed by atoms with van der Waals surface area (Å²) in [4.78, 5) is 0. The average molecular weight is 152 g/mol. The summed E-state index contributed by atoms with van der Waals surface area (Å²) in [6, 6.07) is 0. The van der Waals surface area contributed by atoms with Crippen molar-refractivity contribution in [2.45, 2.75) is 19.4 Å². The second-order valence-electron chi connectivity index (χ2n) is 2.54. The number of piperidine rings is 1. The van der Waals surface area contributed by atoms with Crippen LogP contribution in [0.1, 0.15) is 13.3 Å². The van der Waals surface area contributed by atoms with Crippen LogP contribution in [-0.4, -0.2) is 24.3 Å².